The zero-order valence-electron chi connectivity index (χ0n) is 9.87. The summed E-state index contributed by atoms with van der Waals surface area (Å²) in [6.45, 7) is 1.71. The maximum absolute atomic E-state index is 11.1. The quantitative estimate of drug-likeness (QED) is 0.563. The second-order valence-electron chi connectivity index (χ2n) is 3.93. The van der Waals surface area contributed by atoms with E-state index in [9.17, 15) is 8.42 Å². The van der Waals surface area contributed by atoms with E-state index in [-0.39, 0.29) is 22.6 Å². The van der Waals surface area contributed by atoms with Crippen LogP contribution in [0.4, 0.5) is 11.6 Å². The molecule has 0 aromatic carbocycles. The first-order valence-electron chi connectivity index (χ1n) is 5.00. The number of hydrogen-bond donors (Lipinski definition) is 3. The Hall–Kier alpha value is -0.760. The van der Waals surface area contributed by atoms with Crippen molar-refractivity contribution in [2.24, 2.45) is 5.84 Å². The largest absolute Gasteiger partial charge is 0.365 e. The number of aromatic nitrogens is 1. The summed E-state index contributed by atoms with van der Waals surface area (Å²) in [5, 5.41) is 3.46. The van der Waals surface area contributed by atoms with E-state index in [4.69, 9.17) is 29.0 Å². The Morgan fingerprint density at radius 2 is 1.94 bits per heavy atom. The molecule has 1 atom stereocenters. The minimum atomic E-state index is -3.08. The predicted molar refractivity (Wildman–Crippen MR) is 74.9 cm³/mol. The minimum Gasteiger partial charge on any atom is -0.365 e. The molecule has 0 saturated carbocycles. The summed E-state index contributed by atoms with van der Waals surface area (Å²) in [7, 11) is -3.08. The third-order valence-electron chi connectivity index (χ3n) is 2.00. The van der Waals surface area contributed by atoms with Crippen molar-refractivity contribution >= 4 is 44.7 Å². The van der Waals surface area contributed by atoms with Crippen LogP contribution in [-0.4, -0.2) is 31.5 Å². The normalized spacial score (nSPS) is 13.2. The number of nitrogens with two attached hydrogens (primary N) is 1. The monoisotopic (exact) mass is 312 g/mol. The molecule has 4 N–H and O–H groups in total. The summed E-state index contributed by atoms with van der Waals surface area (Å²) in [6.07, 6.45) is 1.16. The number of rotatable bonds is 5. The molecule has 102 valence electrons. The smallest absolute Gasteiger partial charge is 0.161 e. The number of nitrogens with zero attached hydrogens (tertiary/aromatic N) is 1. The van der Waals surface area contributed by atoms with Crippen molar-refractivity contribution in [3.05, 3.63) is 16.1 Å². The van der Waals surface area contributed by atoms with Gasteiger partial charge >= 0.3 is 0 Å². The summed E-state index contributed by atoms with van der Waals surface area (Å²) in [5.41, 5.74) is 2.32. The van der Waals surface area contributed by atoms with Gasteiger partial charge in [-0.2, -0.15) is 0 Å². The van der Waals surface area contributed by atoms with Gasteiger partial charge in [-0.15, -0.1) is 0 Å². The van der Waals surface area contributed by atoms with Gasteiger partial charge in [0.2, 0.25) is 0 Å². The lowest BCUT2D eigenvalue weighted by atomic mass is 10.3. The Morgan fingerprint density at radius 1 is 1.39 bits per heavy atom. The molecule has 18 heavy (non-hydrogen) atoms. The molecule has 9 heteroatoms. The number of nitrogens with one attached hydrogen (secondary N) is 2. The van der Waals surface area contributed by atoms with Crippen LogP contribution in [0.25, 0.3) is 0 Å². The number of hydrogen-bond acceptors (Lipinski definition) is 6. The van der Waals surface area contributed by atoms with Crippen LogP contribution < -0.4 is 16.6 Å². The van der Waals surface area contributed by atoms with Crippen LogP contribution in [0.2, 0.25) is 10.0 Å². The molecule has 0 fully saturated rings. The number of sulfone groups is 1. The van der Waals surface area contributed by atoms with Crippen molar-refractivity contribution in [1.29, 1.82) is 0 Å². The lowest BCUT2D eigenvalue weighted by Crippen LogP contribution is -2.26. The number of nitrogen functional groups attached to an aromatic ring is 1. The fourth-order valence-corrected chi connectivity index (χ4v) is 2.86. The first kappa shape index (κ1) is 15.3. The van der Waals surface area contributed by atoms with E-state index < -0.39 is 9.84 Å². The van der Waals surface area contributed by atoms with Crippen LogP contribution in [0.3, 0.4) is 0 Å². The summed E-state index contributed by atoms with van der Waals surface area (Å²) in [5.74, 6) is 5.79. The minimum absolute atomic E-state index is 0.0287. The molecule has 0 saturated heterocycles. The third kappa shape index (κ3) is 4.49. The van der Waals surface area contributed by atoms with Crippen molar-refractivity contribution in [2.45, 2.75) is 13.0 Å². The summed E-state index contributed by atoms with van der Waals surface area (Å²) < 4.78 is 22.3. The van der Waals surface area contributed by atoms with Gasteiger partial charge in [0.1, 0.15) is 15.7 Å². The van der Waals surface area contributed by atoms with Gasteiger partial charge in [-0.1, -0.05) is 23.2 Å². The molecule has 0 aliphatic heterocycles. The molecular weight excluding hydrogens is 299 g/mol. The van der Waals surface area contributed by atoms with E-state index in [1.54, 1.807) is 6.92 Å². The second kappa shape index (κ2) is 5.92. The number of pyridine rings is 1. The Kier molecular flexibility index (Phi) is 5.03. The average Bonchev–Trinajstić information content (AvgIpc) is 2.19. The van der Waals surface area contributed by atoms with E-state index in [1.807, 2.05) is 0 Å². The van der Waals surface area contributed by atoms with Crippen molar-refractivity contribution < 1.29 is 8.42 Å². The molecule has 6 nitrogen and oxygen atoms in total. The molecule has 0 amide bonds. The zero-order valence-corrected chi connectivity index (χ0v) is 12.2. The van der Waals surface area contributed by atoms with E-state index >= 15 is 0 Å². The van der Waals surface area contributed by atoms with Crippen molar-refractivity contribution in [3.63, 3.8) is 0 Å². The van der Waals surface area contributed by atoms with Gasteiger partial charge in [-0.05, 0) is 13.0 Å². The maximum Gasteiger partial charge on any atom is 0.161 e. The first-order valence-corrected chi connectivity index (χ1v) is 7.81. The summed E-state index contributed by atoms with van der Waals surface area (Å²) in [6, 6.07) is 1.14. The lowest BCUT2D eigenvalue weighted by molar-refractivity contribution is 0.598. The van der Waals surface area contributed by atoms with Gasteiger partial charge in [0.05, 0.1) is 15.8 Å². The van der Waals surface area contributed by atoms with Gasteiger partial charge < -0.3 is 10.7 Å². The van der Waals surface area contributed by atoms with E-state index in [0.717, 1.165) is 6.26 Å². The molecule has 0 radical (unpaired) electrons. The summed E-state index contributed by atoms with van der Waals surface area (Å²) >= 11 is 11.8. The molecule has 1 aromatic rings. The average molecular weight is 313 g/mol. The first-order chi connectivity index (χ1) is 8.23. The van der Waals surface area contributed by atoms with Gasteiger partial charge in [-0.3, -0.25) is 0 Å². The molecular formula is C9H14Cl2N4O2S. The number of hydrazine groups is 1. The van der Waals surface area contributed by atoms with Crippen LogP contribution in [0, 0.1) is 0 Å². The SMILES string of the molecule is CC(CS(C)(=O)=O)Nc1nc(NN)c(Cl)cc1Cl. The number of halogens is 2. The van der Waals surface area contributed by atoms with Crippen LogP contribution in [0.15, 0.2) is 6.07 Å². The van der Waals surface area contributed by atoms with Gasteiger partial charge in [0.15, 0.2) is 5.82 Å². The van der Waals surface area contributed by atoms with E-state index in [0.29, 0.717) is 10.8 Å². The number of anilines is 2. The molecule has 1 unspecified atom stereocenters. The molecule has 0 spiro atoms. The van der Waals surface area contributed by atoms with E-state index in [2.05, 4.69) is 15.7 Å². The van der Waals surface area contributed by atoms with Crippen molar-refractivity contribution in [3.8, 4) is 0 Å². The van der Waals surface area contributed by atoms with Crippen LogP contribution >= 0.6 is 23.2 Å². The molecule has 1 aromatic heterocycles. The van der Waals surface area contributed by atoms with Crippen molar-refractivity contribution in [1.82, 2.24) is 4.98 Å². The molecule has 0 aliphatic rings. The van der Waals surface area contributed by atoms with Gasteiger partial charge in [0, 0.05) is 12.3 Å². The third-order valence-corrected chi connectivity index (χ3v) is 3.68. The summed E-state index contributed by atoms with van der Waals surface area (Å²) in [4.78, 5) is 4.05. The highest BCUT2D eigenvalue weighted by atomic mass is 35.5. The molecule has 1 heterocycles. The van der Waals surface area contributed by atoms with Crippen molar-refractivity contribution in [2.75, 3.05) is 22.8 Å². The van der Waals surface area contributed by atoms with Crippen LogP contribution in [-0.2, 0) is 9.84 Å². The van der Waals surface area contributed by atoms with Gasteiger partial charge in [0.25, 0.3) is 0 Å². The van der Waals surface area contributed by atoms with Gasteiger partial charge in [-0.25, -0.2) is 19.2 Å². The Morgan fingerprint density at radius 3 is 2.44 bits per heavy atom. The maximum atomic E-state index is 11.1. The predicted octanol–water partition coefficient (Wildman–Crippen LogP) is 1.52. The standard InChI is InChI=1S/C9H14Cl2N4O2S/c1-5(4-18(2,16)17)13-8-6(10)3-7(11)9(14-8)15-12/h3,5H,4,12H2,1-2H3,(H2,13,14,15). The van der Waals surface area contributed by atoms with Crippen LogP contribution in [0.1, 0.15) is 6.92 Å². The Labute approximate surface area is 116 Å². The zero-order chi connectivity index (χ0) is 13.9. The Balaban J connectivity index is 2.91. The van der Waals surface area contributed by atoms with E-state index in [1.165, 1.54) is 6.07 Å². The van der Waals surface area contributed by atoms with Crippen LogP contribution in [0.5, 0.6) is 0 Å². The highest BCUT2D eigenvalue weighted by Gasteiger charge is 2.14. The lowest BCUT2D eigenvalue weighted by Gasteiger charge is -2.15. The second-order valence-corrected chi connectivity index (χ2v) is 6.93. The Bertz CT molecular complexity index is 536. The fourth-order valence-electron chi connectivity index (χ4n) is 1.40. The molecule has 0 bridgehead atoms. The fraction of sp³-hybridized carbons (Fsp3) is 0.444. The highest BCUT2D eigenvalue weighted by Crippen LogP contribution is 2.28. The topological polar surface area (TPSA) is 97.1 Å². The molecule has 0 aliphatic carbocycles. The molecule has 1 rings (SSSR count). The highest BCUT2D eigenvalue weighted by molar-refractivity contribution is 7.90.